The molecule has 2 aromatic carbocycles. The third-order valence-electron chi connectivity index (χ3n) is 3.22. The Balaban J connectivity index is 2.53. The number of sulfonamides is 1. The van der Waals surface area contributed by atoms with Gasteiger partial charge >= 0.3 is 6.36 Å². The summed E-state index contributed by atoms with van der Waals surface area (Å²) in [5.74, 6) is -0.754. The van der Waals surface area contributed by atoms with Gasteiger partial charge in [-0.25, -0.2) is 8.42 Å². The number of benzene rings is 2. The molecule has 0 fully saturated rings. The van der Waals surface area contributed by atoms with Gasteiger partial charge < -0.3 is 4.74 Å². The first kappa shape index (κ1) is 18.1. The zero-order chi connectivity index (χ0) is 18.0. The molecule has 0 aromatic heterocycles. The molecule has 0 amide bonds. The van der Waals surface area contributed by atoms with Crippen molar-refractivity contribution in [2.75, 3.05) is 10.8 Å². The topological polar surface area (TPSA) is 46.6 Å². The average molecular weight is 359 g/mol. The highest BCUT2D eigenvalue weighted by Crippen LogP contribution is 2.33. The van der Waals surface area contributed by atoms with Crippen LogP contribution in [0.25, 0.3) is 0 Å². The molecule has 4 nitrogen and oxygen atoms in total. The van der Waals surface area contributed by atoms with Crippen LogP contribution in [0.1, 0.15) is 12.5 Å². The molecule has 24 heavy (non-hydrogen) atoms. The fourth-order valence-electron chi connectivity index (χ4n) is 2.27. The van der Waals surface area contributed by atoms with Crippen molar-refractivity contribution in [2.24, 2.45) is 0 Å². The summed E-state index contributed by atoms with van der Waals surface area (Å²) >= 11 is 0. The van der Waals surface area contributed by atoms with E-state index in [0.29, 0.717) is 5.69 Å². The van der Waals surface area contributed by atoms with Gasteiger partial charge in [0.1, 0.15) is 10.6 Å². The minimum Gasteiger partial charge on any atom is -0.404 e. The molecule has 8 heteroatoms. The van der Waals surface area contributed by atoms with E-state index in [1.807, 2.05) is 0 Å². The minimum atomic E-state index is -4.98. The van der Waals surface area contributed by atoms with Gasteiger partial charge in [-0.15, -0.1) is 13.2 Å². The van der Waals surface area contributed by atoms with Crippen LogP contribution < -0.4 is 9.04 Å². The normalized spacial score (nSPS) is 12.0. The molecule has 0 spiro atoms. The maximum Gasteiger partial charge on any atom is 0.573 e. The lowest BCUT2D eigenvalue weighted by atomic mass is 10.2. The number of hydrogen-bond acceptors (Lipinski definition) is 3. The summed E-state index contributed by atoms with van der Waals surface area (Å²) in [6.07, 6.45) is -4.98. The molecule has 0 aliphatic rings. The molecule has 2 aromatic rings. The van der Waals surface area contributed by atoms with Crippen LogP contribution in [0.5, 0.6) is 5.75 Å². The standard InChI is InChI=1S/C16H16F3NO3S/c1-3-20(13-8-6-7-12(2)11-13)24(21,22)15-10-5-4-9-14(15)23-16(17,18)19/h4-11H,3H2,1-2H3. The van der Waals surface area contributed by atoms with Crippen LogP contribution in [0.3, 0.4) is 0 Å². The van der Waals surface area contributed by atoms with Crippen LogP contribution in [0.4, 0.5) is 18.9 Å². The Labute approximate surface area is 138 Å². The van der Waals surface area contributed by atoms with Crippen molar-refractivity contribution in [3.05, 3.63) is 54.1 Å². The monoisotopic (exact) mass is 359 g/mol. The lowest BCUT2D eigenvalue weighted by molar-refractivity contribution is -0.275. The van der Waals surface area contributed by atoms with E-state index in [-0.39, 0.29) is 6.54 Å². The third kappa shape index (κ3) is 4.00. The number of aryl methyl sites for hydroxylation is 1. The highest BCUT2D eigenvalue weighted by atomic mass is 32.2. The quantitative estimate of drug-likeness (QED) is 0.807. The molecule has 0 bridgehead atoms. The SMILES string of the molecule is CCN(c1cccc(C)c1)S(=O)(=O)c1ccccc1OC(F)(F)F. The number of ether oxygens (including phenoxy) is 1. The van der Waals surface area contributed by atoms with Gasteiger partial charge in [-0.3, -0.25) is 4.31 Å². The van der Waals surface area contributed by atoms with Crippen molar-refractivity contribution >= 4 is 15.7 Å². The number of hydrogen-bond donors (Lipinski definition) is 0. The van der Waals surface area contributed by atoms with Crippen LogP contribution in [0, 0.1) is 6.92 Å². The van der Waals surface area contributed by atoms with E-state index in [0.717, 1.165) is 22.0 Å². The molecule has 0 radical (unpaired) electrons. The van der Waals surface area contributed by atoms with Crippen molar-refractivity contribution in [1.29, 1.82) is 0 Å². The Morgan fingerprint density at radius 1 is 1.08 bits per heavy atom. The van der Waals surface area contributed by atoms with Gasteiger partial charge in [-0.1, -0.05) is 24.3 Å². The zero-order valence-electron chi connectivity index (χ0n) is 13.0. The Morgan fingerprint density at radius 2 is 1.75 bits per heavy atom. The molecule has 2 rings (SSSR count). The molecule has 0 N–H and O–H groups in total. The van der Waals surface area contributed by atoms with Gasteiger partial charge in [0.25, 0.3) is 10.0 Å². The first-order valence-corrected chi connectivity index (χ1v) is 8.53. The highest BCUT2D eigenvalue weighted by molar-refractivity contribution is 7.93. The van der Waals surface area contributed by atoms with E-state index in [9.17, 15) is 21.6 Å². The predicted octanol–water partition coefficient (Wildman–Crippen LogP) is 4.11. The predicted molar refractivity (Wildman–Crippen MR) is 84.5 cm³/mol. The van der Waals surface area contributed by atoms with Crippen molar-refractivity contribution in [3.63, 3.8) is 0 Å². The molecule has 0 saturated heterocycles. The fraction of sp³-hybridized carbons (Fsp3) is 0.250. The summed E-state index contributed by atoms with van der Waals surface area (Å²) in [6.45, 7) is 3.46. The second-order valence-corrected chi connectivity index (χ2v) is 6.83. The van der Waals surface area contributed by atoms with Crippen LogP contribution in [0.2, 0.25) is 0 Å². The second-order valence-electron chi connectivity index (χ2n) is 5.00. The van der Waals surface area contributed by atoms with Crippen LogP contribution in [0.15, 0.2) is 53.4 Å². The molecule has 0 atom stereocenters. The molecule has 0 heterocycles. The van der Waals surface area contributed by atoms with Gasteiger partial charge in [-0.2, -0.15) is 0 Å². The van der Waals surface area contributed by atoms with Crippen LogP contribution in [-0.4, -0.2) is 21.3 Å². The summed E-state index contributed by atoms with van der Waals surface area (Å²) in [6, 6.07) is 11.4. The number of para-hydroxylation sites is 1. The van der Waals surface area contributed by atoms with Gasteiger partial charge in [0, 0.05) is 6.54 Å². The zero-order valence-corrected chi connectivity index (χ0v) is 13.9. The van der Waals surface area contributed by atoms with E-state index in [4.69, 9.17) is 0 Å². The molecule has 0 aliphatic heterocycles. The Morgan fingerprint density at radius 3 is 2.33 bits per heavy atom. The van der Waals surface area contributed by atoms with Crippen molar-refractivity contribution in [3.8, 4) is 5.75 Å². The van der Waals surface area contributed by atoms with E-state index in [1.165, 1.54) is 12.1 Å². The second kappa shape index (κ2) is 6.72. The van der Waals surface area contributed by atoms with Crippen molar-refractivity contribution < 1.29 is 26.3 Å². The number of nitrogens with zero attached hydrogens (tertiary/aromatic N) is 1. The average Bonchev–Trinajstić information content (AvgIpc) is 2.46. The first-order chi connectivity index (χ1) is 11.1. The molecule has 0 unspecified atom stereocenters. The lowest BCUT2D eigenvalue weighted by Crippen LogP contribution is -2.31. The molecular weight excluding hydrogens is 343 g/mol. The Hall–Kier alpha value is -2.22. The Kier molecular flexibility index (Phi) is 5.08. The van der Waals surface area contributed by atoms with E-state index in [2.05, 4.69) is 4.74 Å². The Bertz CT molecular complexity index is 819. The highest BCUT2D eigenvalue weighted by Gasteiger charge is 2.35. The lowest BCUT2D eigenvalue weighted by Gasteiger charge is -2.24. The van der Waals surface area contributed by atoms with Crippen molar-refractivity contribution in [1.82, 2.24) is 0 Å². The number of rotatable bonds is 5. The van der Waals surface area contributed by atoms with E-state index >= 15 is 0 Å². The maximum absolute atomic E-state index is 12.9. The summed E-state index contributed by atoms with van der Waals surface area (Å²) in [4.78, 5) is -0.536. The smallest absolute Gasteiger partial charge is 0.404 e. The van der Waals surface area contributed by atoms with Gasteiger partial charge in [0.2, 0.25) is 0 Å². The molecule has 130 valence electrons. The van der Waals surface area contributed by atoms with Gasteiger partial charge in [0.15, 0.2) is 0 Å². The van der Waals surface area contributed by atoms with Crippen LogP contribution >= 0.6 is 0 Å². The number of anilines is 1. The summed E-state index contributed by atoms with van der Waals surface area (Å²) in [7, 11) is -4.22. The van der Waals surface area contributed by atoms with E-state index in [1.54, 1.807) is 38.1 Å². The summed E-state index contributed by atoms with van der Waals surface area (Å²) in [5, 5.41) is 0. The number of alkyl halides is 3. The summed E-state index contributed by atoms with van der Waals surface area (Å²) in [5.41, 5.74) is 1.21. The molecule has 0 saturated carbocycles. The third-order valence-corrected chi connectivity index (χ3v) is 5.16. The van der Waals surface area contributed by atoms with Gasteiger partial charge in [-0.05, 0) is 43.7 Å². The first-order valence-electron chi connectivity index (χ1n) is 7.09. The van der Waals surface area contributed by atoms with E-state index < -0.39 is 27.0 Å². The molecular formula is C16H16F3NO3S. The largest absolute Gasteiger partial charge is 0.573 e. The van der Waals surface area contributed by atoms with Crippen molar-refractivity contribution in [2.45, 2.75) is 25.1 Å². The minimum absolute atomic E-state index is 0.0616. The molecule has 0 aliphatic carbocycles. The summed E-state index contributed by atoms with van der Waals surface area (Å²) < 4.78 is 68.2. The maximum atomic E-state index is 12.9. The number of halogens is 3. The van der Waals surface area contributed by atoms with Gasteiger partial charge in [0.05, 0.1) is 5.69 Å². The van der Waals surface area contributed by atoms with Crippen LogP contribution in [-0.2, 0) is 10.0 Å². The fourth-order valence-corrected chi connectivity index (χ4v) is 3.85.